The van der Waals surface area contributed by atoms with E-state index in [1.807, 2.05) is 0 Å². The summed E-state index contributed by atoms with van der Waals surface area (Å²) in [5.74, 6) is -2.13. The number of ether oxygens (including phenoxy) is 1. The molecule has 0 aliphatic carbocycles. The zero-order valence-corrected chi connectivity index (χ0v) is 13.4. The van der Waals surface area contributed by atoms with Crippen LogP contribution in [-0.4, -0.2) is 50.6 Å². The minimum absolute atomic E-state index is 0.120. The molecule has 4 N–H and O–H groups in total. The third-order valence-corrected chi connectivity index (χ3v) is 3.66. The fraction of sp³-hybridized carbons (Fsp3) is 0.400. The van der Waals surface area contributed by atoms with Crippen molar-refractivity contribution in [3.05, 3.63) is 23.8 Å². The van der Waals surface area contributed by atoms with Crippen LogP contribution in [0.1, 0.15) is 12.0 Å². The lowest BCUT2D eigenvalue weighted by atomic mass is 10.1. The van der Waals surface area contributed by atoms with Gasteiger partial charge in [0, 0.05) is 23.5 Å². The lowest BCUT2D eigenvalue weighted by molar-refractivity contribution is -0.128. The van der Waals surface area contributed by atoms with Crippen molar-refractivity contribution in [2.75, 3.05) is 37.0 Å². The highest BCUT2D eigenvalue weighted by atomic mass is 19.3. The fourth-order valence-electron chi connectivity index (χ4n) is 2.41. The van der Waals surface area contributed by atoms with Crippen LogP contribution in [0.5, 0.6) is 0 Å². The summed E-state index contributed by atoms with van der Waals surface area (Å²) < 4.78 is 31.8. The van der Waals surface area contributed by atoms with Gasteiger partial charge in [0.2, 0.25) is 5.91 Å². The normalized spacial score (nSPS) is 16.0. The van der Waals surface area contributed by atoms with Gasteiger partial charge in [-0.05, 0) is 25.2 Å². The van der Waals surface area contributed by atoms with Crippen LogP contribution >= 0.6 is 0 Å². The maximum atomic E-state index is 13.4. The molecular weight excluding hydrogens is 338 g/mol. The molecule has 1 aliphatic rings. The number of carbonyl (C=O) groups excluding carboxylic acids is 3. The van der Waals surface area contributed by atoms with E-state index in [9.17, 15) is 23.2 Å². The summed E-state index contributed by atoms with van der Waals surface area (Å²) in [4.78, 5) is 36.3. The Morgan fingerprint density at radius 3 is 2.64 bits per heavy atom. The Bertz CT molecular complexity index is 683. The number of amides is 3. The number of nitrogens with two attached hydrogens (primary N) is 1. The molecule has 1 aliphatic heterocycles. The number of primary amides is 1. The first-order valence-electron chi connectivity index (χ1n) is 7.42. The number of rotatable bonds is 6. The van der Waals surface area contributed by atoms with Gasteiger partial charge in [-0.25, -0.2) is 8.78 Å². The minimum Gasteiger partial charge on any atom is -0.370 e. The number of hydrogen-bond donors (Lipinski definition) is 3. The van der Waals surface area contributed by atoms with Crippen LogP contribution in [0.4, 0.5) is 20.2 Å². The number of nitrogens with one attached hydrogen (secondary N) is 2. The Balaban J connectivity index is 2.28. The molecular formula is C15H18F2N4O4. The topological polar surface area (TPSA) is 114 Å². The summed E-state index contributed by atoms with van der Waals surface area (Å²) in [5.41, 5.74) is 4.72. The SMILES string of the molecule is CN[C@@H](C(N)=O)C(=O)Nc1ccc(N2CCOCC2=O)cc1C(F)F. The molecule has 8 nitrogen and oxygen atoms in total. The highest BCUT2D eigenvalue weighted by Crippen LogP contribution is 2.31. The monoisotopic (exact) mass is 356 g/mol. The van der Waals surface area contributed by atoms with E-state index in [0.717, 1.165) is 6.07 Å². The zero-order valence-electron chi connectivity index (χ0n) is 13.4. The second-order valence-electron chi connectivity index (χ2n) is 5.28. The van der Waals surface area contributed by atoms with Gasteiger partial charge in [0.05, 0.1) is 6.61 Å². The molecule has 1 aromatic carbocycles. The van der Waals surface area contributed by atoms with Gasteiger partial charge in [0.25, 0.3) is 18.2 Å². The van der Waals surface area contributed by atoms with Gasteiger partial charge in [0.1, 0.15) is 6.61 Å². The summed E-state index contributed by atoms with van der Waals surface area (Å²) in [6.07, 6.45) is -2.90. The first-order chi connectivity index (χ1) is 11.8. The van der Waals surface area contributed by atoms with Crippen LogP contribution in [0.3, 0.4) is 0 Å². The molecule has 1 fully saturated rings. The highest BCUT2D eigenvalue weighted by Gasteiger charge is 2.26. The largest absolute Gasteiger partial charge is 0.370 e. The van der Waals surface area contributed by atoms with Crippen LogP contribution < -0.4 is 21.3 Å². The standard InChI is InChI=1S/C15H18F2N4O4/c1-19-12(14(18)23)15(24)20-10-3-2-8(6-9(10)13(16)17)21-4-5-25-7-11(21)22/h2-3,6,12-13,19H,4-5,7H2,1H3,(H2,18,23)(H,20,24)/t12-/m0/s1. The second kappa shape index (κ2) is 7.99. The van der Waals surface area contributed by atoms with E-state index >= 15 is 0 Å². The number of benzene rings is 1. The molecule has 0 unspecified atom stereocenters. The Labute approximate surface area is 142 Å². The zero-order chi connectivity index (χ0) is 18.6. The molecule has 1 atom stereocenters. The Morgan fingerprint density at radius 2 is 2.08 bits per heavy atom. The van der Waals surface area contributed by atoms with E-state index < -0.39 is 29.8 Å². The van der Waals surface area contributed by atoms with E-state index in [2.05, 4.69) is 10.6 Å². The number of alkyl halides is 2. The van der Waals surface area contributed by atoms with E-state index in [4.69, 9.17) is 10.5 Å². The van der Waals surface area contributed by atoms with Gasteiger partial charge in [-0.3, -0.25) is 14.4 Å². The van der Waals surface area contributed by atoms with Crippen molar-refractivity contribution in [1.82, 2.24) is 5.32 Å². The predicted octanol–water partition coefficient (Wildman–Crippen LogP) is -0.000800. The summed E-state index contributed by atoms with van der Waals surface area (Å²) in [6.45, 7) is 0.429. The average Bonchev–Trinajstić information content (AvgIpc) is 2.56. The third kappa shape index (κ3) is 4.28. The quantitative estimate of drug-likeness (QED) is 0.621. The first-order valence-corrected chi connectivity index (χ1v) is 7.42. The van der Waals surface area contributed by atoms with Gasteiger partial charge >= 0.3 is 0 Å². The van der Waals surface area contributed by atoms with Crippen molar-refractivity contribution >= 4 is 29.1 Å². The molecule has 2 rings (SSSR count). The number of halogens is 2. The fourth-order valence-corrected chi connectivity index (χ4v) is 2.41. The Hall–Kier alpha value is -2.59. The number of morpholine rings is 1. The number of carbonyl (C=O) groups is 3. The maximum Gasteiger partial charge on any atom is 0.265 e. The van der Waals surface area contributed by atoms with Crippen molar-refractivity contribution in [1.29, 1.82) is 0 Å². The van der Waals surface area contributed by atoms with Crippen molar-refractivity contribution in [2.24, 2.45) is 5.73 Å². The molecule has 10 heteroatoms. The van der Waals surface area contributed by atoms with E-state index in [-0.39, 0.29) is 30.4 Å². The van der Waals surface area contributed by atoms with Gasteiger partial charge in [-0.2, -0.15) is 0 Å². The molecule has 0 spiro atoms. The van der Waals surface area contributed by atoms with Crippen LogP contribution in [0.2, 0.25) is 0 Å². The van der Waals surface area contributed by atoms with Gasteiger partial charge in [-0.15, -0.1) is 0 Å². The van der Waals surface area contributed by atoms with Crippen molar-refractivity contribution in [3.8, 4) is 0 Å². The first kappa shape index (κ1) is 18.7. The molecule has 3 amide bonds. The van der Waals surface area contributed by atoms with Crippen molar-refractivity contribution in [3.63, 3.8) is 0 Å². The summed E-state index contributed by atoms with van der Waals surface area (Å²) in [6, 6.07) is 2.46. The van der Waals surface area contributed by atoms with Crippen molar-refractivity contribution in [2.45, 2.75) is 12.5 Å². The molecule has 25 heavy (non-hydrogen) atoms. The lowest BCUT2D eigenvalue weighted by Crippen LogP contribution is -2.48. The van der Waals surface area contributed by atoms with E-state index in [1.165, 1.54) is 24.1 Å². The highest BCUT2D eigenvalue weighted by molar-refractivity contribution is 6.10. The Morgan fingerprint density at radius 1 is 1.36 bits per heavy atom. The summed E-state index contributed by atoms with van der Waals surface area (Å²) >= 11 is 0. The average molecular weight is 356 g/mol. The maximum absolute atomic E-state index is 13.4. The lowest BCUT2D eigenvalue weighted by Gasteiger charge is -2.27. The van der Waals surface area contributed by atoms with Crippen LogP contribution in [-0.2, 0) is 19.1 Å². The van der Waals surface area contributed by atoms with E-state index in [1.54, 1.807) is 0 Å². The summed E-state index contributed by atoms with van der Waals surface area (Å²) in [7, 11) is 1.34. The van der Waals surface area contributed by atoms with Gasteiger partial charge in [0.15, 0.2) is 6.04 Å². The molecule has 1 aromatic rings. The molecule has 0 bridgehead atoms. The number of likely N-dealkylation sites (N-methyl/N-ethyl adjacent to an activating group) is 1. The third-order valence-electron chi connectivity index (χ3n) is 3.66. The smallest absolute Gasteiger partial charge is 0.265 e. The Kier molecular flexibility index (Phi) is 5.99. The van der Waals surface area contributed by atoms with Crippen LogP contribution in [0.25, 0.3) is 0 Å². The molecule has 0 aromatic heterocycles. The van der Waals surface area contributed by atoms with Crippen molar-refractivity contribution < 1.29 is 27.9 Å². The van der Waals surface area contributed by atoms with Gasteiger partial charge in [-0.1, -0.05) is 0 Å². The second-order valence-corrected chi connectivity index (χ2v) is 5.28. The molecule has 0 saturated carbocycles. The predicted molar refractivity (Wildman–Crippen MR) is 85.2 cm³/mol. The van der Waals surface area contributed by atoms with Crippen LogP contribution in [0.15, 0.2) is 18.2 Å². The van der Waals surface area contributed by atoms with Crippen LogP contribution in [0, 0.1) is 0 Å². The molecule has 136 valence electrons. The minimum atomic E-state index is -2.90. The summed E-state index contributed by atoms with van der Waals surface area (Å²) in [5, 5.41) is 4.65. The number of hydrogen-bond acceptors (Lipinski definition) is 5. The number of anilines is 2. The number of nitrogens with zero attached hydrogens (tertiary/aromatic N) is 1. The molecule has 0 radical (unpaired) electrons. The van der Waals surface area contributed by atoms with Gasteiger partial charge < -0.3 is 26.0 Å². The molecule has 1 heterocycles. The molecule has 1 saturated heterocycles. The van der Waals surface area contributed by atoms with E-state index in [0.29, 0.717) is 6.61 Å².